The zero-order valence-electron chi connectivity index (χ0n) is 6.91. The van der Waals surface area contributed by atoms with Gasteiger partial charge in [-0.05, 0) is 12.5 Å². The number of quaternary nitrogens is 1. The van der Waals surface area contributed by atoms with Crippen LogP contribution in [0.3, 0.4) is 0 Å². The Kier molecular flexibility index (Phi) is 1.79. The number of phenolic OH excluding ortho intramolecular Hbond substituents is 1. The lowest BCUT2D eigenvalue weighted by atomic mass is 10.0. The van der Waals surface area contributed by atoms with Gasteiger partial charge < -0.3 is 10.3 Å². The number of hydrogen-bond donors (Lipinski definition) is 2. The second-order valence-corrected chi connectivity index (χ2v) is 3.06. The smallest absolute Gasteiger partial charge is 0.317 e. The van der Waals surface area contributed by atoms with Gasteiger partial charge in [-0.2, -0.15) is 0 Å². The van der Waals surface area contributed by atoms with Crippen LogP contribution in [0.5, 0.6) is 5.75 Å². The summed E-state index contributed by atoms with van der Waals surface area (Å²) in [6.45, 7) is 0. The fourth-order valence-corrected chi connectivity index (χ4v) is 1.55. The summed E-state index contributed by atoms with van der Waals surface area (Å²) in [6, 6.07) is 4.68. The molecule has 68 valence electrons. The number of carbonyl (C=O) groups excluding carboxylic acids is 1. The van der Waals surface area contributed by atoms with Crippen LogP contribution >= 0.6 is 0 Å². The predicted octanol–water partition coefficient (Wildman–Crippen LogP) is -0.121. The van der Waals surface area contributed by atoms with E-state index in [0.717, 1.165) is 0 Å². The van der Waals surface area contributed by atoms with Crippen LogP contribution in [-0.2, 0) is 11.2 Å². The molecule has 0 aliphatic carbocycles. The third kappa shape index (κ3) is 1.20. The zero-order valence-corrected chi connectivity index (χ0v) is 6.91. The summed E-state index contributed by atoms with van der Waals surface area (Å²) in [4.78, 5) is 11.0. The van der Waals surface area contributed by atoms with Crippen LogP contribution in [0.1, 0.15) is 12.0 Å². The highest BCUT2D eigenvalue weighted by molar-refractivity contribution is 5.74. The van der Waals surface area contributed by atoms with Gasteiger partial charge in [-0.1, -0.05) is 6.07 Å². The Hall–Kier alpha value is -1.39. The second-order valence-electron chi connectivity index (χ2n) is 3.06. The fraction of sp³-hybridized carbons (Fsp3) is 0.222. The van der Waals surface area contributed by atoms with Crippen molar-refractivity contribution >= 4 is 11.6 Å². The molecule has 1 unspecified atom stereocenters. The molecule has 0 bridgehead atoms. The molecule has 1 amide bonds. The quantitative estimate of drug-likeness (QED) is 0.546. The van der Waals surface area contributed by atoms with Crippen molar-refractivity contribution in [3.05, 3.63) is 29.0 Å². The zero-order chi connectivity index (χ0) is 9.42. The normalized spacial score (nSPS) is 21.3. The maximum atomic E-state index is 11.3. The molecule has 0 radical (unpaired) electrons. The minimum absolute atomic E-state index is 0.110. The number of benzene rings is 1. The van der Waals surface area contributed by atoms with Gasteiger partial charge in [0.05, 0.1) is 12.0 Å². The molecular formula is C9H9NO3. The first-order valence-electron chi connectivity index (χ1n) is 4.08. The number of phenols is 1. The summed E-state index contributed by atoms with van der Waals surface area (Å²) in [7, 11) is 0. The van der Waals surface area contributed by atoms with Crippen LogP contribution in [0.15, 0.2) is 18.2 Å². The molecule has 4 heteroatoms. The molecule has 1 atom stereocenters. The van der Waals surface area contributed by atoms with Gasteiger partial charge in [-0.3, -0.25) is 5.06 Å². The number of carbonyl (C=O) groups is 1. The van der Waals surface area contributed by atoms with E-state index in [9.17, 15) is 15.1 Å². The number of aromatic hydroxyl groups is 1. The lowest BCUT2D eigenvalue weighted by Crippen LogP contribution is -3.06. The van der Waals surface area contributed by atoms with Gasteiger partial charge in [0.2, 0.25) is 0 Å². The van der Waals surface area contributed by atoms with E-state index in [1.165, 1.54) is 6.07 Å². The molecule has 1 heterocycles. The number of fused-ring (bicyclic) bond motifs is 1. The summed E-state index contributed by atoms with van der Waals surface area (Å²) >= 11 is 0. The Morgan fingerprint density at radius 1 is 1.38 bits per heavy atom. The molecule has 0 aromatic heterocycles. The number of hydroxylamine groups is 1. The molecule has 4 nitrogen and oxygen atoms in total. The maximum Gasteiger partial charge on any atom is 0.317 e. The molecular weight excluding hydrogens is 170 g/mol. The summed E-state index contributed by atoms with van der Waals surface area (Å²) < 4.78 is 0. The molecule has 0 saturated carbocycles. The van der Waals surface area contributed by atoms with Crippen molar-refractivity contribution in [1.82, 2.24) is 0 Å². The van der Waals surface area contributed by atoms with E-state index < -0.39 is 5.06 Å². The van der Waals surface area contributed by atoms with Crippen LogP contribution in [0.2, 0.25) is 0 Å². The van der Waals surface area contributed by atoms with E-state index in [1.807, 2.05) is 0 Å². The average Bonchev–Trinajstić information content (AvgIpc) is 2.12. The second kappa shape index (κ2) is 2.83. The molecule has 1 aromatic rings. The van der Waals surface area contributed by atoms with Crippen molar-refractivity contribution < 1.29 is 15.0 Å². The van der Waals surface area contributed by atoms with Gasteiger partial charge in [0.1, 0.15) is 11.4 Å². The van der Waals surface area contributed by atoms with Gasteiger partial charge in [0, 0.05) is 6.07 Å². The number of rotatable bonds is 0. The van der Waals surface area contributed by atoms with E-state index in [1.54, 1.807) is 12.1 Å². The Morgan fingerprint density at radius 2 is 2.15 bits per heavy atom. The van der Waals surface area contributed by atoms with Crippen LogP contribution < -0.4 is 5.06 Å². The molecule has 1 aromatic carbocycles. The van der Waals surface area contributed by atoms with Crippen molar-refractivity contribution in [3.63, 3.8) is 0 Å². The SMILES string of the molecule is O=C1CCc2c(O)cccc2[NH+]1[O-]. The molecule has 2 rings (SSSR count). The Labute approximate surface area is 75.0 Å². The molecule has 2 N–H and O–H groups in total. The average molecular weight is 179 g/mol. The van der Waals surface area contributed by atoms with E-state index in [-0.39, 0.29) is 18.1 Å². The Bertz CT molecular complexity index is 362. The predicted molar refractivity (Wildman–Crippen MR) is 45.4 cm³/mol. The van der Waals surface area contributed by atoms with Crippen LogP contribution in [0.25, 0.3) is 0 Å². The van der Waals surface area contributed by atoms with Crippen molar-refractivity contribution in [1.29, 1.82) is 0 Å². The number of hydrogen-bond acceptors (Lipinski definition) is 3. The topological polar surface area (TPSA) is 64.8 Å². The van der Waals surface area contributed by atoms with Crippen molar-refractivity contribution in [2.45, 2.75) is 12.8 Å². The third-order valence-corrected chi connectivity index (χ3v) is 2.25. The highest BCUT2D eigenvalue weighted by Gasteiger charge is 2.25. The summed E-state index contributed by atoms with van der Waals surface area (Å²) in [6.07, 6.45) is 0.677. The summed E-state index contributed by atoms with van der Waals surface area (Å²) in [5.41, 5.74) is 0.961. The van der Waals surface area contributed by atoms with Gasteiger partial charge in [0.25, 0.3) is 0 Å². The molecule has 0 saturated heterocycles. The summed E-state index contributed by atoms with van der Waals surface area (Å²) in [5.74, 6) is -0.253. The number of nitrogens with one attached hydrogen (secondary N) is 1. The van der Waals surface area contributed by atoms with Crippen LogP contribution in [-0.4, -0.2) is 11.0 Å². The van der Waals surface area contributed by atoms with Gasteiger partial charge >= 0.3 is 5.91 Å². The fourth-order valence-electron chi connectivity index (χ4n) is 1.55. The highest BCUT2D eigenvalue weighted by atomic mass is 16.5. The minimum Gasteiger partial charge on any atom is -0.621 e. The largest absolute Gasteiger partial charge is 0.621 e. The first kappa shape index (κ1) is 8.22. The van der Waals surface area contributed by atoms with Crippen LogP contribution in [0, 0.1) is 5.21 Å². The van der Waals surface area contributed by atoms with Gasteiger partial charge in [-0.25, -0.2) is 4.79 Å². The standard InChI is InChI=1S/C9H9NO3/c11-8-3-1-2-7-6(8)4-5-9(12)10(7)13/h1-3,10-11H,4-5H2. The van der Waals surface area contributed by atoms with Gasteiger partial charge in [0.15, 0.2) is 0 Å². The summed E-state index contributed by atoms with van der Waals surface area (Å²) in [5, 5.41) is 20.2. The van der Waals surface area contributed by atoms with Gasteiger partial charge in [-0.15, -0.1) is 0 Å². The van der Waals surface area contributed by atoms with E-state index in [0.29, 0.717) is 17.7 Å². The van der Waals surface area contributed by atoms with Crippen molar-refractivity contribution in [3.8, 4) is 5.75 Å². The molecule has 1 aliphatic rings. The van der Waals surface area contributed by atoms with E-state index in [4.69, 9.17) is 0 Å². The monoisotopic (exact) mass is 179 g/mol. The maximum absolute atomic E-state index is 11.3. The van der Waals surface area contributed by atoms with Crippen LogP contribution in [0.4, 0.5) is 5.69 Å². The lowest BCUT2D eigenvalue weighted by Gasteiger charge is -2.25. The Balaban J connectivity index is 2.55. The first-order valence-corrected chi connectivity index (χ1v) is 4.08. The van der Waals surface area contributed by atoms with Crippen molar-refractivity contribution in [2.24, 2.45) is 0 Å². The lowest BCUT2D eigenvalue weighted by molar-refractivity contribution is -0.691. The first-order chi connectivity index (χ1) is 6.20. The third-order valence-electron chi connectivity index (χ3n) is 2.25. The molecule has 1 aliphatic heterocycles. The van der Waals surface area contributed by atoms with Crippen molar-refractivity contribution in [2.75, 3.05) is 0 Å². The molecule has 0 spiro atoms. The number of amides is 1. The Morgan fingerprint density at radius 3 is 2.92 bits per heavy atom. The van der Waals surface area contributed by atoms with E-state index >= 15 is 0 Å². The van der Waals surface area contributed by atoms with E-state index in [2.05, 4.69) is 0 Å². The molecule has 0 fully saturated rings. The highest BCUT2D eigenvalue weighted by Crippen LogP contribution is 2.26. The molecule has 13 heavy (non-hydrogen) atoms. The minimum atomic E-state index is -0.475.